The number of piperazine rings is 1. The number of rotatable bonds is 2. The fourth-order valence-corrected chi connectivity index (χ4v) is 4.36. The molecule has 26 heavy (non-hydrogen) atoms. The summed E-state index contributed by atoms with van der Waals surface area (Å²) in [4.78, 5) is 19.3. The van der Waals surface area contributed by atoms with Gasteiger partial charge in [-0.25, -0.2) is 4.79 Å². The predicted octanol–water partition coefficient (Wildman–Crippen LogP) is 2.43. The van der Waals surface area contributed by atoms with Crippen LogP contribution in [-0.4, -0.2) is 73.8 Å². The molecule has 0 bridgehead atoms. The van der Waals surface area contributed by atoms with Crippen molar-refractivity contribution in [2.75, 3.05) is 53.1 Å². The molecule has 0 unspecified atom stereocenters. The Labute approximate surface area is 155 Å². The lowest BCUT2D eigenvalue weighted by Gasteiger charge is -2.43. The van der Waals surface area contributed by atoms with Gasteiger partial charge in [0.2, 0.25) is 6.79 Å². The summed E-state index contributed by atoms with van der Waals surface area (Å²) in [6.45, 7) is 7.93. The number of amides is 2. The van der Waals surface area contributed by atoms with Gasteiger partial charge in [0.05, 0.1) is 0 Å². The maximum atomic E-state index is 13.0. The lowest BCUT2D eigenvalue weighted by Crippen LogP contribution is -2.55. The molecule has 0 saturated carbocycles. The molecule has 0 spiro atoms. The molecule has 2 amide bonds. The van der Waals surface area contributed by atoms with Gasteiger partial charge in [0.1, 0.15) is 0 Å². The van der Waals surface area contributed by atoms with Crippen molar-refractivity contribution in [3.63, 3.8) is 0 Å². The van der Waals surface area contributed by atoms with Crippen LogP contribution in [0.25, 0.3) is 0 Å². The SMILES string of the molecule is CN1CCN(C(=O)N2CCC[C@@](C)(Cc3ccc4c(c3)OCO4)C2)CC1. The number of carbonyl (C=O) groups excluding carboxylic acids is 1. The summed E-state index contributed by atoms with van der Waals surface area (Å²) in [6, 6.07) is 6.43. The van der Waals surface area contributed by atoms with Gasteiger partial charge in [0, 0.05) is 39.3 Å². The first-order valence-corrected chi connectivity index (χ1v) is 9.63. The van der Waals surface area contributed by atoms with Crippen LogP contribution in [0.2, 0.25) is 0 Å². The van der Waals surface area contributed by atoms with Crippen LogP contribution in [-0.2, 0) is 6.42 Å². The molecule has 1 aromatic carbocycles. The summed E-state index contributed by atoms with van der Waals surface area (Å²) >= 11 is 0. The van der Waals surface area contributed by atoms with Crippen LogP contribution < -0.4 is 9.47 Å². The van der Waals surface area contributed by atoms with Crippen LogP contribution in [0.5, 0.6) is 11.5 Å². The number of hydrogen-bond acceptors (Lipinski definition) is 4. The summed E-state index contributed by atoms with van der Waals surface area (Å²) in [5.41, 5.74) is 1.36. The Hall–Kier alpha value is -1.95. The maximum Gasteiger partial charge on any atom is 0.320 e. The number of urea groups is 1. The van der Waals surface area contributed by atoms with E-state index in [-0.39, 0.29) is 11.4 Å². The van der Waals surface area contributed by atoms with Crippen molar-refractivity contribution < 1.29 is 14.3 Å². The standard InChI is InChI=1S/C20H29N3O3/c1-20(13-16-4-5-17-18(12-16)26-15-25-17)6-3-7-23(14-20)19(24)22-10-8-21(2)9-11-22/h4-5,12H,3,6-11,13-15H2,1-2H3/t20-/m0/s1. The van der Waals surface area contributed by atoms with Crippen molar-refractivity contribution in [2.24, 2.45) is 5.41 Å². The number of nitrogens with zero attached hydrogens (tertiary/aromatic N) is 3. The molecule has 3 aliphatic heterocycles. The van der Waals surface area contributed by atoms with Crippen molar-refractivity contribution in [3.8, 4) is 11.5 Å². The normalized spacial score (nSPS) is 26.2. The van der Waals surface area contributed by atoms with Crippen molar-refractivity contribution in [1.29, 1.82) is 0 Å². The molecular formula is C20H29N3O3. The van der Waals surface area contributed by atoms with Crippen LogP contribution in [0.1, 0.15) is 25.3 Å². The number of benzene rings is 1. The molecule has 1 aromatic rings. The first-order valence-electron chi connectivity index (χ1n) is 9.63. The van der Waals surface area contributed by atoms with E-state index in [1.165, 1.54) is 5.56 Å². The van der Waals surface area contributed by atoms with E-state index in [1.54, 1.807) is 0 Å². The molecule has 0 radical (unpaired) electrons. The van der Waals surface area contributed by atoms with Gasteiger partial charge < -0.3 is 24.2 Å². The van der Waals surface area contributed by atoms with E-state index in [2.05, 4.69) is 35.9 Å². The molecule has 6 heteroatoms. The highest BCUT2D eigenvalue weighted by Crippen LogP contribution is 2.37. The van der Waals surface area contributed by atoms with Gasteiger partial charge in [0.15, 0.2) is 11.5 Å². The molecule has 1 atom stereocenters. The third-order valence-corrected chi connectivity index (χ3v) is 5.89. The minimum atomic E-state index is 0.105. The third-order valence-electron chi connectivity index (χ3n) is 5.89. The second-order valence-corrected chi connectivity index (χ2v) is 8.27. The highest BCUT2D eigenvalue weighted by atomic mass is 16.7. The lowest BCUT2D eigenvalue weighted by molar-refractivity contribution is 0.0805. The Bertz CT molecular complexity index is 672. The quantitative estimate of drug-likeness (QED) is 0.814. The molecular weight excluding hydrogens is 330 g/mol. The van der Waals surface area contributed by atoms with Crippen LogP contribution in [0.15, 0.2) is 18.2 Å². The number of carbonyl (C=O) groups is 1. The zero-order chi connectivity index (χ0) is 18.1. The monoisotopic (exact) mass is 359 g/mol. The first kappa shape index (κ1) is 17.5. The molecule has 3 heterocycles. The van der Waals surface area contributed by atoms with Crippen molar-refractivity contribution in [3.05, 3.63) is 23.8 Å². The number of ether oxygens (including phenoxy) is 2. The highest BCUT2D eigenvalue weighted by molar-refractivity contribution is 5.74. The van der Waals surface area contributed by atoms with Gasteiger partial charge in [0.25, 0.3) is 0 Å². The van der Waals surface area contributed by atoms with Crippen molar-refractivity contribution >= 4 is 6.03 Å². The van der Waals surface area contributed by atoms with Crippen molar-refractivity contribution in [2.45, 2.75) is 26.2 Å². The Kier molecular flexibility index (Phi) is 4.69. The first-order chi connectivity index (χ1) is 12.5. The second kappa shape index (κ2) is 6.99. The average molecular weight is 359 g/mol. The summed E-state index contributed by atoms with van der Waals surface area (Å²) < 4.78 is 10.9. The van der Waals surface area contributed by atoms with E-state index >= 15 is 0 Å². The van der Waals surface area contributed by atoms with E-state index in [4.69, 9.17) is 9.47 Å². The van der Waals surface area contributed by atoms with Crippen molar-refractivity contribution in [1.82, 2.24) is 14.7 Å². The van der Waals surface area contributed by atoms with E-state index < -0.39 is 0 Å². The molecule has 0 N–H and O–H groups in total. The van der Waals surface area contributed by atoms with Gasteiger partial charge in [-0.2, -0.15) is 0 Å². The second-order valence-electron chi connectivity index (χ2n) is 8.27. The van der Waals surface area contributed by atoms with Gasteiger partial charge >= 0.3 is 6.03 Å². The zero-order valence-corrected chi connectivity index (χ0v) is 15.9. The van der Waals surface area contributed by atoms with Gasteiger partial charge in [-0.1, -0.05) is 13.0 Å². The van der Waals surface area contributed by atoms with Crippen LogP contribution >= 0.6 is 0 Å². The van der Waals surface area contributed by atoms with E-state index in [0.717, 1.165) is 70.0 Å². The average Bonchev–Trinajstić information content (AvgIpc) is 3.09. The lowest BCUT2D eigenvalue weighted by atomic mass is 9.77. The van der Waals surface area contributed by atoms with Gasteiger partial charge in [-0.05, 0) is 49.4 Å². The minimum absolute atomic E-state index is 0.105. The largest absolute Gasteiger partial charge is 0.454 e. The number of hydrogen-bond donors (Lipinski definition) is 0. The van der Waals surface area contributed by atoms with Crippen LogP contribution in [0, 0.1) is 5.41 Å². The molecule has 0 aromatic heterocycles. The maximum absolute atomic E-state index is 13.0. The van der Waals surface area contributed by atoms with Crippen LogP contribution in [0.4, 0.5) is 4.79 Å². The number of piperidine rings is 1. The molecule has 3 aliphatic rings. The Morgan fingerprint density at radius 1 is 1.08 bits per heavy atom. The molecule has 2 saturated heterocycles. The Balaban J connectivity index is 1.41. The zero-order valence-electron chi connectivity index (χ0n) is 15.9. The smallest absolute Gasteiger partial charge is 0.320 e. The Morgan fingerprint density at radius 3 is 2.65 bits per heavy atom. The van der Waals surface area contributed by atoms with E-state index in [9.17, 15) is 4.79 Å². The van der Waals surface area contributed by atoms with Crippen LogP contribution in [0.3, 0.4) is 0 Å². The summed E-state index contributed by atoms with van der Waals surface area (Å²) in [5.74, 6) is 1.67. The fraction of sp³-hybridized carbons (Fsp3) is 0.650. The van der Waals surface area contributed by atoms with Gasteiger partial charge in [-0.15, -0.1) is 0 Å². The number of fused-ring (bicyclic) bond motifs is 1. The number of likely N-dealkylation sites (tertiary alicyclic amines) is 1. The van der Waals surface area contributed by atoms with E-state index in [1.807, 2.05) is 11.0 Å². The highest BCUT2D eigenvalue weighted by Gasteiger charge is 2.35. The molecule has 2 fully saturated rings. The molecule has 0 aliphatic carbocycles. The summed E-state index contributed by atoms with van der Waals surface area (Å²) in [5, 5.41) is 0. The third kappa shape index (κ3) is 3.61. The topological polar surface area (TPSA) is 45.2 Å². The molecule has 4 rings (SSSR count). The number of likely N-dealkylation sites (N-methyl/N-ethyl adjacent to an activating group) is 1. The predicted molar refractivity (Wildman–Crippen MR) is 99.6 cm³/mol. The summed E-state index contributed by atoms with van der Waals surface area (Å²) in [7, 11) is 2.12. The van der Waals surface area contributed by atoms with E-state index in [0.29, 0.717) is 6.79 Å². The minimum Gasteiger partial charge on any atom is -0.454 e. The fourth-order valence-electron chi connectivity index (χ4n) is 4.36. The summed E-state index contributed by atoms with van der Waals surface area (Å²) in [6.07, 6.45) is 3.17. The molecule has 6 nitrogen and oxygen atoms in total. The van der Waals surface area contributed by atoms with Gasteiger partial charge in [-0.3, -0.25) is 0 Å². The Morgan fingerprint density at radius 2 is 1.85 bits per heavy atom. The molecule has 142 valence electrons.